The number of sulfonamides is 1. The van der Waals surface area contributed by atoms with Crippen LogP contribution in [-0.4, -0.2) is 59.2 Å². The number of aromatic nitrogens is 3. The van der Waals surface area contributed by atoms with Crippen LogP contribution < -0.4 is 4.72 Å². The predicted octanol–water partition coefficient (Wildman–Crippen LogP) is -0.176. The third kappa shape index (κ3) is 3.56. The van der Waals surface area contributed by atoms with Gasteiger partial charge < -0.3 is 4.90 Å². The lowest BCUT2D eigenvalue weighted by atomic mass is 10.1. The molecule has 1 aromatic heterocycles. The van der Waals surface area contributed by atoms with Crippen LogP contribution in [-0.2, 0) is 16.6 Å². The zero-order chi connectivity index (χ0) is 14.0. The van der Waals surface area contributed by atoms with Crippen molar-refractivity contribution in [1.82, 2.24) is 24.6 Å². The van der Waals surface area contributed by atoms with Crippen LogP contribution in [0.4, 0.5) is 0 Å². The highest BCUT2D eigenvalue weighted by Gasteiger charge is 2.37. The molecule has 1 saturated heterocycles. The Morgan fingerprint density at radius 3 is 2.50 bits per heavy atom. The molecule has 0 bridgehead atoms. The smallest absolute Gasteiger partial charge is 0.214 e. The van der Waals surface area contributed by atoms with Crippen LogP contribution in [0.2, 0.25) is 0 Å². The predicted molar refractivity (Wildman–Crippen MR) is 74.6 cm³/mol. The molecular formula is C12H21N5O2S. The van der Waals surface area contributed by atoms with Crippen LogP contribution in [0.1, 0.15) is 25.7 Å². The fourth-order valence-corrected chi connectivity index (χ4v) is 4.23. The minimum absolute atomic E-state index is 0.114. The molecule has 1 N–H and O–H groups in total. The van der Waals surface area contributed by atoms with Gasteiger partial charge in [-0.05, 0) is 38.8 Å². The van der Waals surface area contributed by atoms with Crippen molar-refractivity contribution in [2.75, 3.05) is 19.6 Å². The van der Waals surface area contributed by atoms with Gasteiger partial charge in [0.15, 0.2) is 0 Å². The Morgan fingerprint density at radius 2 is 1.90 bits per heavy atom. The van der Waals surface area contributed by atoms with Crippen LogP contribution >= 0.6 is 0 Å². The summed E-state index contributed by atoms with van der Waals surface area (Å²) in [6.45, 7) is 3.64. The first-order valence-corrected chi connectivity index (χ1v) is 8.76. The van der Waals surface area contributed by atoms with E-state index in [0.717, 1.165) is 51.9 Å². The molecule has 112 valence electrons. The number of nitrogens with zero attached hydrogens (tertiary/aromatic N) is 4. The largest absolute Gasteiger partial charge is 0.301 e. The van der Waals surface area contributed by atoms with Crippen molar-refractivity contribution in [3.63, 3.8) is 0 Å². The van der Waals surface area contributed by atoms with Gasteiger partial charge >= 0.3 is 0 Å². The summed E-state index contributed by atoms with van der Waals surface area (Å²) in [5.74, 6) is 0. The summed E-state index contributed by atoms with van der Waals surface area (Å²) in [4.78, 5) is 2.35. The van der Waals surface area contributed by atoms with Gasteiger partial charge in [-0.25, -0.2) is 13.1 Å². The van der Waals surface area contributed by atoms with Gasteiger partial charge in [-0.2, -0.15) is 0 Å². The maximum absolute atomic E-state index is 11.9. The maximum atomic E-state index is 11.9. The van der Waals surface area contributed by atoms with Crippen LogP contribution in [0.25, 0.3) is 0 Å². The van der Waals surface area contributed by atoms with E-state index in [1.165, 1.54) is 0 Å². The van der Waals surface area contributed by atoms with E-state index < -0.39 is 10.0 Å². The van der Waals surface area contributed by atoms with E-state index in [9.17, 15) is 8.42 Å². The Morgan fingerprint density at radius 1 is 1.15 bits per heavy atom. The van der Waals surface area contributed by atoms with E-state index in [4.69, 9.17) is 0 Å². The topological polar surface area (TPSA) is 80.1 Å². The van der Waals surface area contributed by atoms with Crippen molar-refractivity contribution in [3.05, 3.63) is 12.4 Å². The zero-order valence-electron chi connectivity index (χ0n) is 11.5. The highest BCUT2D eigenvalue weighted by Crippen LogP contribution is 2.28. The average molecular weight is 299 g/mol. The summed E-state index contributed by atoms with van der Waals surface area (Å²) >= 11 is 0. The van der Waals surface area contributed by atoms with Gasteiger partial charge in [0.1, 0.15) is 0 Å². The summed E-state index contributed by atoms with van der Waals surface area (Å²) in [7, 11) is -3.04. The Balaban J connectivity index is 1.40. The van der Waals surface area contributed by atoms with Crippen LogP contribution in [0.15, 0.2) is 12.4 Å². The fourth-order valence-electron chi connectivity index (χ4n) is 2.58. The molecule has 0 aromatic carbocycles. The minimum atomic E-state index is -3.04. The van der Waals surface area contributed by atoms with E-state index in [0.29, 0.717) is 0 Å². The quantitative estimate of drug-likeness (QED) is 0.788. The molecule has 1 aliphatic heterocycles. The van der Waals surface area contributed by atoms with Gasteiger partial charge in [0.2, 0.25) is 10.0 Å². The maximum Gasteiger partial charge on any atom is 0.214 e. The molecule has 2 aliphatic rings. The molecule has 2 fully saturated rings. The van der Waals surface area contributed by atoms with Gasteiger partial charge in [-0.3, -0.25) is 4.68 Å². The monoisotopic (exact) mass is 299 g/mol. The van der Waals surface area contributed by atoms with Crippen molar-refractivity contribution >= 4 is 10.0 Å². The molecule has 2 heterocycles. The number of hydrogen-bond donors (Lipinski definition) is 1. The lowest BCUT2D eigenvalue weighted by Gasteiger charge is -2.32. The van der Waals surface area contributed by atoms with Gasteiger partial charge in [0, 0.05) is 18.8 Å². The van der Waals surface area contributed by atoms with Crippen LogP contribution in [0, 0.1) is 0 Å². The van der Waals surface area contributed by atoms with E-state index in [-0.39, 0.29) is 11.3 Å². The SMILES string of the molecule is O=S(=O)(NC1CCN(CCn2ccnn2)CC1)C1CC1. The molecule has 1 aliphatic carbocycles. The molecule has 0 spiro atoms. The summed E-state index contributed by atoms with van der Waals surface area (Å²) in [5, 5.41) is 7.60. The molecule has 7 nitrogen and oxygen atoms in total. The third-order valence-corrected chi connectivity index (χ3v) is 6.01. The molecule has 1 aromatic rings. The first-order valence-electron chi connectivity index (χ1n) is 7.21. The summed E-state index contributed by atoms with van der Waals surface area (Å²) in [5.41, 5.74) is 0. The van der Waals surface area contributed by atoms with Gasteiger partial charge in [0.05, 0.1) is 18.0 Å². The Hall–Kier alpha value is -0.990. The average Bonchev–Trinajstić information content (AvgIpc) is 3.17. The highest BCUT2D eigenvalue weighted by atomic mass is 32.2. The van der Waals surface area contributed by atoms with E-state index in [2.05, 4.69) is 19.9 Å². The second-order valence-corrected chi connectivity index (χ2v) is 7.64. The van der Waals surface area contributed by atoms with Crippen LogP contribution in [0.3, 0.4) is 0 Å². The van der Waals surface area contributed by atoms with E-state index >= 15 is 0 Å². The normalized spacial score (nSPS) is 22.2. The summed E-state index contributed by atoms with van der Waals surface area (Å²) < 4.78 is 28.4. The Kier molecular flexibility index (Phi) is 4.04. The Bertz CT molecular complexity index is 518. The minimum Gasteiger partial charge on any atom is -0.301 e. The molecule has 3 rings (SSSR count). The molecule has 8 heteroatoms. The first kappa shape index (κ1) is 14.0. The number of hydrogen-bond acceptors (Lipinski definition) is 5. The van der Waals surface area contributed by atoms with E-state index in [1.807, 2.05) is 10.9 Å². The zero-order valence-corrected chi connectivity index (χ0v) is 12.3. The molecule has 20 heavy (non-hydrogen) atoms. The van der Waals surface area contributed by atoms with E-state index in [1.54, 1.807) is 6.20 Å². The first-order chi connectivity index (χ1) is 9.63. The number of nitrogens with one attached hydrogen (secondary N) is 1. The second-order valence-electron chi connectivity index (χ2n) is 5.64. The summed E-state index contributed by atoms with van der Waals surface area (Å²) in [6, 6.07) is 0.114. The number of likely N-dealkylation sites (tertiary alicyclic amines) is 1. The van der Waals surface area contributed by atoms with Crippen molar-refractivity contribution in [2.24, 2.45) is 0 Å². The molecule has 0 amide bonds. The number of rotatable bonds is 6. The Labute approximate surface area is 119 Å². The molecule has 1 saturated carbocycles. The van der Waals surface area contributed by atoms with Crippen molar-refractivity contribution in [1.29, 1.82) is 0 Å². The van der Waals surface area contributed by atoms with Gasteiger partial charge in [0.25, 0.3) is 0 Å². The van der Waals surface area contributed by atoms with Crippen molar-refractivity contribution in [3.8, 4) is 0 Å². The lowest BCUT2D eigenvalue weighted by Crippen LogP contribution is -2.46. The third-order valence-electron chi connectivity index (χ3n) is 4.00. The standard InChI is InChI=1S/C12H21N5O2S/c18-20(19,12-1-2-12)14-11-3-6-16(7-4-11)9-10-17-8-5-13-15-17/h5,8,11-12,14H,1-4,6-7,9-10H2. The second kappa shape index (κ2) is 5.79. The van der Waals surface area contributed by atoms with Crippen molar-refractivity contribution in [2.45, 2.75) is 43.5 Å². The highest BCUT2D eigenvalue weighted by molar-refractivity contribution is 7.90. The molecule has 0 radical (unpaired) electrons. The molecule has 0 atom stereocenters. The van der Waals surface area contributed by atoms with Gasteiger partial charge in [-0.15, -0.1) is 5.10 Å². The van der Waals surface area contributed by atoms with Gasteiger partial charge in [-0.1, -0.05) is 5.21 Å². The van der Waals surface area contributed by atoms with Crippen molar-refractivity contribution < 1.29 is 8.42 Å². The lowest BCUT2D eigenvalue weighted by molar-refractivity contribution is 0.198. The molecular weight excluding hydrogens is 278 g/mol. The number of piperidine rings is 1. The fraction of sp³-hybridized carbons (Fsp3) is 0.833. The van der Waals surface area contributed by atoms with Crippen LogP contribution in [0.5, 0.6) is 0 Å². The summed E-state index contributed by atoms with van der Waals surface area (Å²) in [6.07, 6.45) is 6.97. The molecule has 0 unspecified atom stereocenters.